The van der Waals surface area contributed by atoms with Crippen LogP contribution in [0.4, 0.5) is 0 Å². The molecule has 1 N–H and O–H groups in total. The lowest BCUT2D eigenvalue weighted by Gasteiger charge is -2.28. The summed E-state index contributed by atoms with van der Waals surface area (Å²) >= 11 is 0. The van der Waals surface area contributed by atoms with Crippen molar-refractivity contribution in [2.24, 2.45) is 0 Å². The highest BCUT2D eigenvalue weighted by atomic mass is 16.4. The highest BCUT2D eigenvalue weighted by molar-refractivity contribution is 5.84. The molecule has 0 radical (unpaired) electrons. The van der Waals surface area contributed by atoms with Gasteiger partial charge >= 0.3 is 5.97 Å². The Morgan fingerprint density at radius 3 is 2.56 bits per heavy atom. The van der Waals surface area contributed by atoms with E-state index in [2.05, 4.69) is 18.7 Å². The summed E-state index contributed by atoms with van der Waals surface area (Å²) in [5, 5.41) is 8.77. The van der Waals surface area contributed by atoms with Crippen molar-refractivity contribution in [3.63, 3.8) is 0 Å². The molecule has 0 bridgehead atoms. The summed E-state index contributed by atoms with van der Waals surface area (Å²) in [4.78, 5) is 12.9. The molecule has 1 aromatic rings. The Labute approximate surface area is 95.9 Å². The van der Waals surface area contributed by atoms with E-state index < -0.39 is 5.97 Å². The lowest BCUT2D eigenvalue weighted by atomic mass is 10.1. The van der Waals surface area contributed by atoms with Crippen molar-refractivity contribution < 1.29 is 14.3 Å². The Balaban J connectivity index is 2.79. The summed E-state index contributed by atoms with van der Waals surface area (Å²) in [5.74, 6) is -0.329. The van der Waals surface area contributed by atoms with Gasteiger partial charge in [0.1, 0.15) is 5.76 Å². The van der Waals surface area contributed by atoms with E-state index in [9.17, 15) is 4.79 Å². The largest absolute Gasteiger partial charge is 0.475 e. The van der Waals surface area contributed by atoms with Crippen molar-refractivity contribution in [3.8, 4) is 0 Å². The van der Waals surface area contributed by atoms with E-state index >= 15 is 0 Å². The zero-order chi connectivity index (χ0) is 12.3. The first-order valence-electron chi connectivity index (χ1n) is 5.52. The average molecular weight is 225 g/mol. The topological polar surface area (TPSA) is 53.7 Å². The highest BCUT2D eigenvalue weighted by Gasteiger charge is 2.20. The first-order chi connectivity index (χ1) is 7.47. The van der Waals surface area contributed by atoms with Crippen LogP contribution in [0.2, 0.25) is 0 Å². The van der Waals surface area contributed by atoms with Crippen molar-refractivity contribution >= 4 is 5.97 Å². The molecule has 4 nitrogen and oxygen atoms in total. The number of furan rings is 1. The fourth-order valence-electron chi connectivity index (χ4n) is 1.56. The van der Waals surface area contributed by atoms with Gasteiger partial charge in [-0.2, -0.15) is 0 Å². The van der Waals surface area contributed by atoms with Crippen LogP contribution in [0.1, 0.15) is 49.5 Å². The summed E-state index contributed by atoms with van der Waals surface area (Å²) in [7, 11) is 2.02. The molecule has 0 aromatic carbocycles. The van der Waals surface area contributed by atoms with Crippen LogP contribution in [0.3, 0.4) is 0 Å². The minimum absolute atomic E-state index is 0.000554. The molecule has 2 atom stereocenters. The third-order valence-electron chi connectivity index (χ3n) is 3.15. The Kier molecular flexibility index (Phi) is 4.12. The molecule has 1 rings (SSSR count). The molecular formula is C12H19NO3. The van der Waals surface area contributed by atoms with Gasteiger partial charge in [0.15, 0.2) is 0 Å². The smallest absolute Gasteiger partial charge is 0.371 e. The van der Waals surface area contributed by atoms with Crippen LogP contribution in [-0.4, -0.2) is 29.1 Å². The number of hydrogen-bond donors (Lipinski definition) is 1. The fraction of sp³-hybridized carbons (Fsp3) is 0.583. The lowest BCUT2D eigenvalue weighted by molar-refractivity contribution is 0.0655. The van der Waals surface area contributed by atoms with Gasteiger partial charge in [-0.1, -0.05) is 6.92 Å². The first-order valence-corrected chi connectivity index (χ1v) is 5.52. The number of hydrogen-bond acceptors (Lipinski definition) is 3. The zero-order valence-corrected chi connectivity index (χ0v) is 10.2. The molecule has 2 unspecified atom stereocenters. The van der Waals surface area contributed by atoms with Crippen molar-refractivity contribution in [2.45, 2.75) is 39.3 Å². The first kappa shape index (κ1) is 12.8. The second-order valence-corrected chi connectivity index (χ2v) is 4.11. The van der Waals surface area contributed by atoms with Crippen LogP contribution < -0.4 is 0 Å². The van der Waals surface area contributed by atoms with Gasteiger partial charge in [0.05, 0.1) is 6.04 Å². The molecule has 90 valence electrons. The molecule has 0 spiro atoms. The van der Waals surface area contributed by atoms with E-state index in [-0.39, 0.29) is 11.8 Å². The third-order valence-corrected chi connectivity index (χ3v) is 3.15. The van der Waals surface area contributed by atoms with E-state index in [0.29, 0.717) is 11.8 Å². The summed E-state index contributed by atoms with van der Waals surface area (Å²) in [6, 6.07) is 3.75. The summed E-state index contributed by atoms with van der Waals surface area (Å²) in [5.41, 5.74) is 0. The molecule has 0 aliphatic carbocycles. The molecule has 0 amide bonds. The van der Waals surface area contributed by atoms with E-state index in [1.165, 1.54) is 6.07 Å². The van der Waals surface area contributed by atoms with Crippen LogP contribution >= 0.6 is 0 Å². The Morgan fingerprint density at radius 1 is 1.50 bits per heavy atom. The molecule has 4 heteroatoms. The van der Waals surface area contributed by atoms with E-state index in [0.717, 1.165) is 6.42 Å². The standard InChI is InChI=1S/C12H19NO3/c1-5-8(2)13(4)9(3)10-6-7-11(16-10)12(14)15/h6-9H,5H2,1-4H3,(H,14,15). The number of carboxylic acids is 1. The van der Waals surface area contributed by atoms with Gasteiger partial charge in [0.25, 0.3) is 0 Å². The quantitative estimate of drug-likeness (QED) is 0.837. The van der Waals surface area contributed by atoms with E-state index in [1.54, 1.807) is 6.07 Å². The van der Waals surface area contributed by atoms with Gasteiger partial charge in [-0.3, -0.25) is 4.90 Å². The third kappa shape index (κ3) is 2.64. The zero-order valence-electron chi connectivity index (χ0n) is 10.2. The number of nitrogens with zero attached hydrogens (tertiary/aromatic N) is 1. The van der Waals surface area contributed by atoms with E-state index in [1.807, 2.05) is 14.0 Å². The minimum Gasteiger partial charge on any atom is -0.475 e. The van der Waals surface area contributed by atoms with Crippen LogP contribution in [0.5, 0.6) is 0 Å². The minimum atomic E-state index is -1.02. The van der Waals surface area contributed by atoms with Gasteiger partial charge in [0, 0.05) is 6.04 Å². The number of rotatable bonds is 5. The predicted molar refractivity (Wildman–Crippen MR) is 61.6 cm³/mol. The summed E-state index contributed by atoms with van der Waals surface area (Å²) in [6.07, 6.45) is 1.05. The fourth-order valence-corrected chi connectivity index (χ4v) is 1.56. The Morgan fingerprint density at radius 2 is 2.12 bits per heavy atom. The van der Waals surface area contributed by atoms with Crippen LogP contribution in [0, 0.1) is 0 Å². The van der Waals surface area contributed by atoms with Crippen molar-refractivity contribution in [1.29, 1.82) is 0 Å². The lowest BCUT2D eigenvalue weighted by Crippen LogP contribution is -2.30. The van der Waals surface area contributed by atoms with Crippen molar-refractivity contribution in [1.82, 2.24) is 4.90 Å². The Hall–Kier alpha value is -1.29. The summed E-state index contributed by atoms with van der Waals surface area (Å²) in [6.45, 7) is 6.27. The van der Waals surface area contributed by atoms with Gasteiger partial charge in [-0.25, -0.2) is 4.79 Å². The monoisotopic (exact) mass is 225 g/mol. The van der Waals surface area contributed by atoms with Crippen molar-refractivity contribution in [2.75, 3.05) is 7.05 Å². The Bertz CT molecular complexity index is 359. The van der Waals surface area contributed by atoms with E-state index in [4.69, 9.17) is 9.52 Å². The second kappa shape index (κ2) is 5.16. The van der Waals surface area contributed by atoms with Crippen molar-refractivity contribution in [3.05, 3.63) is 23.7 Å². The molecule has 1 aromatic heterocycles. The summed E-state index contributed by atoms with van der Waals surface area (Å²) < 4.78 is 5.28. The SMILES string of the molecule is CCC(C)N(C)C(C)c1ccc(C(=O)O)o1. The molecule has 0 fully saturated rings. The molecule has 0 saturated heterocycles. The maximum absolute atomic E-state index is 10.7. The maximum atomic E-state index is 10.7. The molecule has 1 heterocycles. The maximum Gasteiger partial charge on any atom is 0.371 e. The second-order valence-electron chi connectivity index (χ2n) is 4.11. The van der Waals surface area contributed by atoms with Crippen LogP contribution in [-0.2, 0) is 0 Å². The van der Waals surface area contributed by atoms with Gasteiger partial charge < -0.3 is 9.52 Å². The van der Waals surface area contributed by atoms with Crippen LogP contribution in [0.25, 0.3) is 0 Å². The number of carboxylic acid groups (broad SMARTS) is 1. The van der Waals surface area contributed by atoms with Crippen LogP contribution in [0.15, 0.2) is 16.5 Å². The number of aromatic carboxylic acids is 1. The van der Waals surface area contributed by atoms with Gasteiger partial charge in [0.2, 0.25) is 5.76 Å². The molecule has 0 saturated carbocycles. The predicted octanol–water partition coefficient (Wildman–Crippen LogP) is 2.77. The molecule has 16 heavy (non-hydrogen) atoms. The molecule has 0 aliphatic heterocycles. The average Bonchev–Trinajstić information content (AvgIpc) is 2.75. The van der Waals surface area contributed by atoms with Gasteiger partial charge in [-0.15, -0.1) is 0 Å². The molecule has 0 aliphatic rings. The highest BCUT2D eigenvalue weighted by Crippen LogP contribution is 2.23. The number of carbonyl (C=O) groups is 1. The normalized spacial score (nSPS) is 15.1. The van der Waals surface area contributed by atoms with Gasteiger partial charge in [-0.05, 0) is 39.4 Å². The molecular weight excluding hydrogens is 206 g/mol.